The monoisotopic (exact) mass is 333 g/mol. The number of carbonyl (C=O) groups excluding carboxylic acids is 1. The molecule has 122 valence electrons. The van der Waals surface area contributed by atoms with Crippen LogP contribution in [-0.2, 0) is 0 Å². The summed E-state index contributed by atoms with van der Waals surface area (Å²) in [7, 11) is 0. The van der Waals surface area contributed by atoms with Crippen molar-refractivity contribution in [2.24, 2.45) is 0 Å². The highest BCUT2D eigenvalue weighted by molar-refractivity contribution is 5.99. The smallest absolute Gasteiger partial charge is 0.255 e. The van der Waals surface area contributed by atoms with Gasteiger partial charge in [0.2, 0.25) is 0 Å². The second kappa shape index (κ2) is 7.78. The summed E-state index contributed by atoms with van der Waals surface area (Å²) < 4.78 is 0. The lowest BCUT2D eigenvalue weighted by atomic mass is 10.0. The van der Waals surface area contributed by atoms with Crippen LogP contribution in [0.3, 0.4) is 0 Å². The number of hydrogen-bond donors (Lipinski definition) is 2. The van der Waals surface area contributed by atoms with Crippen LogP contribution in [-0.4, -0.2) is 40.1 Å². The molecule has 7 heteroatoms. The minimum Gasteiger partial charge on any atom is -0.398 e. The maximum atomic E-state index is 12.5. The fourth-order valence-electron chi connectivity index (χ4n) is 2.68. The lowest BCUT2D eigenvalue weighted by molar-refractivity contribution is 0.0719. The van der Waals surface area contributed by atoms with Gasteiger partial charge >= 0.3 is 0 Å². The molecule has 1 aromatic carbocycles. The van der Waals surface area contributed by atoms with E-state index in [-0.39, 0.29) is 18.3 Å². The Morgan fingerprint density at radius 3 is 2.57 bits per heavy atom. The fourth-order valence-corrected chi connectivity index (χ4v) is 2.68. The van der Waals surface area contributed by atoms with Gasteiger partial charge < -0.3 is 16.0 Å². The number of amides is 1. The van der Waals surface area contributed by atoms with Gasteiger partial charge in [0, 0.05) is 31.0 Å². The number of benzene rings is 1. The maximum absolute atomic E-state index is 12.5. The van der Waals surface area contributed by atoms with Gasteiger partial charge in [-0.05, 0) is 37.1 Å². The molecule has 23 heavy (non-hydrogen) atoms. The third-order valence-corrected chi connectivity index (χ3v) is 3.90. The van der Waals surface area contributed by atoms with E-state index in [4.69, 9.17) is 5.73 Å². The first kappa shape index (κ1) is 17.0. The Morgan fingerprint density at radius 2 is 1.91 bits per heavy atom. The maximum Gasteiger partial charge on any atom is 0.255 e. The van der Waals surface area contributed by atoms with Crippen molar-refractivity contribution < 1.29 is 4.79 Å². The zero-order valence-electron chi connectivity index (χ0n) is 12.7. The van der Waals surface area contributed by atoms with Crippen molar-refractivity contribution in [3.8, 4) is 0 Å². The molecule has 3 rings (SSSR count). The molecular weight excluding hydrogens is 314 g/mol. The molecule has 0 bridgehead atoms. The molecule has 0 spiro atoms. The summed E-state index contributed by atoms with van der Waals surface area (Å²) in [6, 6.07) is 11.3. The Bertz CT molecular complexity index is 644. The number of nitrogens with zero attached hydrogens (tertiary/aromatic N) is 3. The summed E-state index contributed by atoms with van der Waals surface area (Å²) in [6.45, 7) is 1.43. The van der Waals surface area contributed by atoms with E-state index in [1.807, 2.05) is 29.2 Å². The minimum atomic E-state index is 0. The molecule has 1 fully saturated rings. The third kappa shape index (κ3) is 4.10. The summed E-state index contributed by atoms with van der Waals surface area (Å²) in [6.07, 6.45) is 3.42. The average molecular weight is 334 g/mol. The van der Waals surface area contributed by atoms with Crippen LogP contribution in [0.5, 0.6) is 0 Å². The predicted octanol–water partition coefficient (Wildman–Crippen LogP) is 2.20. The Hall–Kier alpha value is -2.34. The number of rotatable bonds is 3. The van der Waals surface area contributed by atoms with Gasteiger partial charge in [0.15, 0.2) is 0 Å². The highest BCUT2D eigenvalue weighted by Gasteiger charge is 2.24. The summed E-state index contributed by atoms with van der Waals surface area (Å²) in [4.78, 5) is 14.4. The number of nitrogens with two attached hydrogens (primary N) is 1. The van der Waals surface area contributed by atoms with Crippen LogP contribution in [0.4, 0.5) is 11.5 Å². The highest BCUT2D eigenvalue weighted by Crippen LogP contribution is 2.19. The van der Waals surface area contributed by atoms with Crippen LogP contribution in [0.25, 0.3) is 0 Å². The Balaban J connectivity index is 0.00000192. The van der Waals surface area contributed by atoms with Gasteiger partial charge in [-0.2, -0.15) is 5.10 Å². The standard InChI is InChI=1S/C16H19N5O.ClH/c17-14-5-2-1-4-13(14)16(22)21-10-7-12(8-11-21)19-15-6-3-9-18-20-15;/h1-6,9,12H,7-8,10-11,17H2,(H,19,20);1H. The number of nitrogens with one attached hydrogen (secondary N) is 1. The number of hydrogen-bond acceptors (Lipinski definition) is 5. The van der Waals surface area contributed by atoms with Crippen LogP contribution in [0, 0.1) is 0 Å². The van der Waals surface area contributed by atoms with Crippen LogP contribution in [0.1, 0.15) is 23.2 Å². The molecule has 1 aromatic heterocycles. The van der Waals surface area contributed by atoms with Crippen molar-refractivity contribution in [2.75, 3.05) is 24.1 Å². The lowest BCUT2D eigenvalue weighted by Gasteiger charge is -2.32. The number of aromatic nitrogens is 2. The van der Waals surface area contributed by atoms with Gasteiger partial charge in [-0.3, -0.25) is 4.79 Å². The van der Waals surface area contributed by atoms with Gasteiger partial charge in [0.25, 0.3) is 5.91 Å². The van der Waals surface area contributed by atoms with E-state index in [0.717, 1.165) is 18.7 Å². The fraction of sp³-hybridized carbons (Fsp3) is 0.312. The Labute approximate surface area is 141 Å². The van der Waals surface area contributed by atoms with Gasteiger partial charge in [-0.15, -0.1) is 17.5 Å². The number of nitrogen functional groups attached to an aromatic ring is 1. The first-order valence-electron chi connectivity index (χ1n) is 7.42. The van der Waals surface area contributed by atoms with E-state index >= 15 is 0 Å². The van der Waals surface area contributed by atoms with Crippen molar-refractivity contribution in [3.63, 3.8) is 0 Å². The number of piperidine rings is 1. The third-order valence-electron chi connectivity index (χ3n) is 3.90. The topological polar surface area (TPSA) is 84.1 Å². The SMILES string of the molecule is Cl.Nc1ccccc1C(=O)N1CCC(Nc2cccnn2)CC1. The van der Waals surface area contributed by atoms with E-state index in [9.17, 15) is 4.79 Å². The van der Waals surface area contributed by atoms with Crippen molar-refractivity contribution in [3.05, 3.63) is 48.2 Å². The predicted molar refractivity (Wildman–Crippen MR) is 92.7 cm³/mol. The van der Waals surface area contributed by atoms with Gasteiger partial charge in [-0.25, -0.2) is 0 Å². The van der Waals surface area contributed by atoms with E-state index in [2.05, 4.69) is 15.5 Å². The normalized spacial score (nSPS) is 14.9. The van der Waals surface area contributed by atoms with Crippen LogP contribution >= 0.6 is 12.4 Å². The average Bonchev–Trinajstić information content (AvgIpc) is 2.56. The summed E-state index contributed by atoms with van der Waals surface area (Å²) in [5.41, 5.74) is 7.00. The molecule has 6 nitrogen and oxygen atoms in total. The first-order chi connectivity index (χ1) is 10.7. The number of para-hydroxylation sites is 1. The molecular formula is C16H20ClN5O. The molecule has 0 atom stereocenters. The van der Waals surface area contributed by atoms with Crippen LogP contribution in [0.15, 0.2) is 42.6 Å². The van der Waals surface area contributed by atoms with E-state index < -0.39 is 0 Å². The van der Waals surface area contributed by atoms with Crippen molar-refractivity contribution in [2.45, 2.75) is 18.9 Å². The molecule has 1 aliphatic heterocycles. The van der Waals surface area contributed by atoms with Gasteiger partial charge in [-0.1, -0.05) is 12.1 Å². The molecule has 0 aliphatic carbocycles. The zero-order valence-corrected chi connectivity index (χ0v) is 13.5. The van der Waals surface area contributed by atoms with Crippen molar-refractivity contribution in [1.29, 1.82) is 0 Å². The summed E-state index contributed by atoms with van der Waals surface area (Å²) in [5, 5.41) is 11.2. The number of likely N-dealkylation sites (tertiary alicyclic amines) is 1. The zero-order chi connectivity index (χ0) is 15.4. The van der Waals surface area contributed by atoms with E-state index in [1.54, 1.807) is 18.3 Å². The largest absolute Gasteiger partial charge is 0.398 e. The Morgan fingerprint density at radius 1 is 1.17 bits per heavy atom. The molecule has 2 aromatic rings. The molecule has 3 N–H and O–H groups in total. The molecule has 0 unspecified atom stereocenters. The number of halogens is 1. The number of carbonyl (C=O) groups is 1. The molecule has 1 amide bonds. The molecule has 1 aliphatic rings. The molecule has 2 heterocycles. The molecule has 0 saturated carbocycles. The highest BCUT2D eigenvalue weighted by atomic mass is 35.5. The van der Waals surface area contributed by atoms with Crippen molar-refractivity contribution >= 4 is 29.8 Å². The second-order valence-electron chi connectivity index (χ2n) is 5.41. The van der Waals surface area contributed by atoms with Crippen LogP contribution in [0.2, 0.25) is 0 Å². The second-order valence-corrected chi connectivity index (χ2v) is 5.41. The molecule has 0 radical (unpaired) electrons. The molecule has 1 saturated heterocycles. The number of anilines is 2. The first-order valence-corrected chi connectivity index (χ1v) is 7.42. The van der Waals surface area contributed by atoms with Crippen molar-refractivity contribution in [1.82, 2.24) is 15.1 Å². The van der Waals surface area contributed by atoms with E-state index in [0.29, 0.717) is 30.4 Å². The quantitative estimate of drug-likeness (QED) is 0.841. The van der Waals surface area contributed by atoms with E-state index in [1.165, 1.54) is 0 Å². The summed E-state index contributed by atoms with van der Waals surface area (Å²) in [5.74, 6) is 0.788. The lowest BCUT2D eigenvalue weighted by Crippen LogP contribution is -2.42. The van der Waals surface area contributed by atoms with Gasteiger partial charge in [0.05, 0.1) is 5.56 Å². The summed E-state index contributed by atoms with van der Waals surface area (Å²) >= 11 is 0. The van der Waals surface area contributed by atoms with Gasteiger partial charge in [0.1, 0.15) is 5.82 Å². The minimum absolute atomic E-state index is 0. The Kier molecular flexibility index (Phi) is 5.76. The van der Waals surface area contributed by atoms with Crippen LogP contribution < -0.4 is 11.1 Å².